The van der Waals surface area contributed by atoms with E-state index in [2.05, 4.69) is 6.58 Å². The van der Waals surface area contributed by atoms with Gasteiger partial charge in [-0.2, -0.15) is 0 Å². The van der Waals surface area contributed by atoms with Crippen molar-refractivity contribution in [2.75, 3.05) is 13.2 Å². The Hall–Kier alpha value is -0.710. The number of ether oxygens (including phenoxy) is 2. The van der Waals surface area contributed by atoms with Crippen LogP contribution in [-0.4, -0.2) is 36.0 Å². The van der Waals surface area contributed by atoms with E-state index in [1.165, 1.54) is 0 Å². The van der Waals surface area contributed by atoms with Crippen molar-refractivity contribution in [1.29, 1.82) is 0 Å². The molecular formula is C12H18O4. The molecule has 2 fully saturated rings. The third-order valence-electron chi connectivity index (χ3n) is 3.37. The predicted molar refractivity (Wildman–Crippen MR) is 57.8 cm³/mol. The number of rotatable bonds is 1. The van der Waals surface area contributed by atoms with Gasteiger partial charge in [0.15, 0.2) is 5.78 Å². The van der Waals surface area contributed by atoms with Gasteiger partial charge < -0.3 is 14.6 Å². The molecule has 1 saturated carbocycles. The Bertz CT molecular complexity index is 304. The van der Waals surface area contributed by atoms with Gasteiger partial charge in [-0.3, -0.25) is 4.79 Å². The van der Waals surface area contributed by atoms with Crippen LogP contribution in [0.1, 0.15) is 26.2 Å². The highest BCUT2D eigenvalue weighted by molar-refractivity contribution is 5.86. The van der Waals surface area contributed by atoms with Crippen LogP contribution < -0.4 is 0 Å². The maximum atomic E-state index is 12.0. The minimum atomic E-state index is -1.11. The summed E-state index contributed by atoms with van der Waals surface area (Å²) in [7, 11) is 0. The first kappa shape index (κ1) is 11.8. The maximum Gasteiger partial charge on any atom is 0.229 e. The normalized spacial score (nSPS) is 34.0. The zero-order chi connectivity index (χ0) is 11.8. The summed E-state index contributed by atoms with van der Waals surface area (Å²) in [4.78, 5) is 12.0. The number of hydrogen-bond donors (Lipinski definition) is 1. The first-order valence-corrected chi connectivity index (χ1v) is 5.68. The number of carbonyl (C=O) groups is 1. The number of ketones is 1. The molecule has 4 heteroatoms. The minimum Gasteiger partial charge on any atom is -0.393 e. The molecule has 0 aromatic heterocycles. The molecule has 1 aliphatic heterocycles. The molecule has 0 amide bonds. The van der Waals surface area contributed by atoms with Crippen molar-refractivity contribution in [2.24, 2.45) is 5.92 Å². The van der Waals surface area contributed by atoms with Crippen LogP contribution in [0.25, 0.3) is 0 Å². The monoisotopic (exact) mass is 226 g/mol. The lowest BCUT2D eigenvalue weighted by Crippen LogP contribution is -2.40. The van der Waals surface area contributed by atoms with E-state index in [1.54, 1.807) is 0 Å². The summed E-state index contributed by atoms with van der Waals surface area (Å²) in [6, 6.07) is 0. The summed E-state index contributed by atoms with van der Waals surface area (Å²) >= 11 is 0. The smallest absolute Gasteiger partial charge is 0.229 e. The second-order valence-electron chi connectivity index (χ2n) is 4.71. The van der Waals surface area contributed by atoms with Gasteiger partial charge in [0.1, 0.15) is 0 Å². The number of Topliss-reactive ketones (excluding diaryl/α,β-unsaturated/α-hetero) is 1. The molecule has 0 bridgehead atoms. The zero-order valence-electron chi connectivity index (χ0n) is 9.57. The molecule has 1 saturated heterocycles. The molecule has 2 atom stereocenters. The molecule has 2 rings (SSSR count). The van der Waals surface area contributed by atoms with Crippen LogP contribution in [0, 0.1) is 5.92 Å². The van der Waals surface area contributed by atoms with Gasteiger partial charge >= 0.3 is 0 Å². The minimum absolute atomic E-state index is 0.0829. The molecule has 0 aromatic carbocycles. The highest BCUT2D eigenvalue weighted by atomic mass is 16.7. The first-order chi connectivity index (χ1) is 7.53. The molecular weight excluding hydrogens is 208 g/mol. The Morgan fingerprint density at radius 3 is 2.69 bits per heavy atom. The average Bonchev–Trinajstić information content (AvgIpc) is 2.61. The molecule has 90 valence electrons. The van der Waals surface area contributed by atoms with E-state index in [4.69, 9.17) is 9.47 Å². The van der Waals surface area contributed by atoms with Crippen molar-refractivity contribution in [2.45, 2.75) is 38.1 Å². The SMILES string of the molecule is C=C(C)[C@@H]1CC(O)CC(=O)C2(C1)OCCO2. The Balaban J connectivity index is 2.23. The van der Waals surface area contributed by atoms with Crippen LogP contribution >= 0.6 is 0 Å². The summed E-state index contributed by atoms with van der Waals surface area (Å²) in [5.74, 6) is -1.16. The number of hydrogen-bond acceptors (Lipinski definition) is 4. The van der Waals surface area contributed by atoms with E-state index in [9.17, 15) is 9.90 Å². The van der Waals surface area contributed by atoms with E-state index in [0.717, 1.165) is 5.57 Å². The van der Waals surface area contributed by atoms with Crippen molar-refractivity contribution in [1.82, 2.24) is 0 Å². The van der Waals surface area contributed by atoms with Crippen LogP contribution in [-0.2, 0) is 14.3 Å². The second-order valence-corrected chi connectivity index (χ2v) is 4.71. The number of aliphatic hydroxyl groups is 1. The molecule has 0 aromatic rings. The van der Waals surface area contributed by atoms with Crippen molar-refractivity contribution in [3.8, 4) is 0 Å². The fourth-order valence-corrected chi connectivity index (χ4v) is 2.41. The van der Waals surface area contributed by atoms with Gasteiger partial charge in [0.05, 0.1) is 19.3 Å². The molecule has 2 aliphatic rings. The quantitative estimate of drug-likeness (QED) is 0.679. The maximum absolute atomic E-state index is 12.0. The van der Waals surface area contributed by atoms with Crippen LogP contribution in [0.2, 0.25) is 0 Å². The number of carbonyl (C=O) groups excluding carboxylic acids is 1. The van der Waals surface area contributed by atoms with Gasteiger partial charge in [-0.25, -0.2) is 0 Å². The zero-order valence-corrected chi connectivity index (χ0v) is 9.57. The van der Waals surface area contributed by atoms with Crippen molar-refractivity contribution in [3.63, 3.8) is 0 Å². The summed E-state index contributed by atoms with van der Waals surface area (Å²) < 4.78 is 11.0. The van der Waals surface area contributed by atoms with E-state index >= 15 is 0 Å². The summed E-state index contributed by atoms with van der Waals surface area (Å²) in [6.07, 6.45) is 0.554. The number of allylic oxidation sites excluding steroid dienone is 1. The van der Waals surface area contributed by atoms with Crippen molar-refractivity contribution >= 4 is 5.78 Å². The lowest BCUT2D eigenvalue weighted by atomic mass is 9.91. The summed E-state index contributed by atoms with van der Waals surface area (Å²) in [6.45, 7) is 6.71. The highest BCUT2D eigenvalue weighted by Crippen LogP contribution is 2.37. The molecule has 1 spiro atoms. The average molecular weight is 226 g/mol. The topological polar surface area (TPSA) is 55.8 Å². The standard InChI is InChI=1S/C12H18O4/c1-8(2)9-5-10(13)6-11(14)12(7-9)15-3-4-16-12/h9-10,13H,1,3-7H2,2H3/t9-,10?/m1/s1. The fourth-order valence-electron chi connectivity index (χ4n) is 2.41. The molecule has 1 unspecified atom stereocenters. The van der Waals surface area contributed by atoms with Gasteiger partial charge in [-0.1, -0.05) is 12.2 Å². The third kappa shape index (κ3) is 2.05. The first-order valence-electron chi connectivity index (χ1n) is 5.68. The fraction of sp³-hybridized carbons (Fsp3) is 0.750. The molecule has 0 radical (unpaired) electrons. The lowest BCUT2D eigenvalue weighted by molar-refractivity contribution is -0.184. The van der Waals surface area contributed by atoms with Crippen LogP contribution in [0.4, 0.5) is 0 Å². The molecule has 16 heavy (non-hydrogen) atoms. The summed E-state index contributed by atoms with van der Waals surface area (Å²) in [5.41, 5.74) is 0.965. The van der Waals surface area contributed by atoms with E-state index < -0.39 is 11.9 Å². The van der Waals surface area contributed by atoms with Gasteiger partial charge in [-0.05, 0) is 19.3 Å². The van der Waals surface area contributed by atoms with Gasteiger partial charge in [0.2, 0.25) is 5.79 Å². The van der Waals surface area contributed by atoms with Crippen LogP contribution in [0.15, 0.2) is 12.2 Å². The van der Waals surface area contributed by atoms with E-state index in [0.29, 0.717) is 26.1 Å². The van der Waals surface area contributed by atoms with Gasteiger partial charge in [0, 0.05) is 12.8 Å². The molecule has 1 heterocycles. The summed E-state index contributed by atoms with van der Waals surface area (Å²) in [5, 5.41) is 9.75. The van der Waals surface area contributed by atoms with Gasteiger partial charge in [0.25, 0.3) is 0 Å². The van der Waals surface area contributed by atoms with Gasteiger partial charge in [-0.15, -0.1) is 0 Å². The Morgan fingerprint density at radius 1 is 1.50 bits per heavy atom. The predicted octanol–water partition coefficient (Wildman–Crippen LogP) is 1.04. The van der Waals surface area contributed by atoms with E-state index in [-0.39, 0.29) is 18.1 Å². The van der Waals surface area contributed by atoms with Crippen molar-refractivity contribution in [3.05, 3.63) is 12.2 Å². The highest BCUT2D eigenvalue weighted by Gasteiger charge is 2.48. The number of aliphatic hydroxyl groups excluding tert-OH is 1. The molecule has 4 nitrogen and oxygen atoms in total. The van der Waals surface area contributed by atoms with Crippen molar-refractivity contribution < 1.29 is 19.4 Å². The second kappa shape index (κ2) is 4.28. The Kier molecular flexibility index (Phi) is 3.15. The van der Waals surface area contributed by atoms with Crippen LogP contribution in [0.5, 0.6) is 0 Å². The van der Waals surface area contributed by atoms with Crippen LogP contribution in [0.3, 0.4) is 0 Å². The lowest BCUT2D eigenvalue weighted by Gasteiger charge is -2.27. The third-order valence-corrected chi connectivity index (χ3v) is 3.37. The Labute approximate surface area is 95.2 Å². The molecule has 1 N–H and O–H groups in total. The molecule has 1 aliphatic carbocycles. The Morgan fingerprint density at radius 2 is 2.12 bits per heavy atom. The van der Waals surface area contributed by atoms with E-state index in [1.807, 2.05) is 6.92 Å². The largest absolute Gasteiger partial charge is 0.393 e.